The fourth-order valence-electron chi connectivity index (χ4n) is 1.93. The van der Waals surface area contributed by atoms with Crippen LogP contribution in [0.25, 0.3) is 0 Å². The molecule has 2 aromatic carbocycles. The van der Waals surface area contributed by atoms with Crippen LogP contribution in [-0.4, -0.2) is 11.5 Å². The summed E-state index contributed by atoms with van der Waals surface area (Å²) < 4.78 is 5.71. The number of nitrogens with zero attached hydrogens (tertiary/aromatic N) is 1. The standard InChI is InChI=1S/C15H14BrNO3/c16-11-13-6-2-4-8-15(13)20-10-9-12-5-1-3-7-14(12)17(18)19/h1-8H,9-11H2. The first-order valence-corrected chi connectivity index (χ1v) is 7.33. The molecule has 0 aliphatic heterocycles. The Balaban J connectivity index is 2.01. The van der Waals surface area contributed by atoms with Gasteiger partial charge in [0, 0.05) is 28.9 Å². The zero-order valence-corrected chi connectivity index (χ0v) is 12.4. The van der Waals surface area contributed by atoms with Gasteiger partial charge in [0.2, 0.25) is 0 Å². The molecular formula is C15H14BrNO3. The number of nitro benzene ring substituents is 1. The van der Waals surface area contributed by atoms with E-state index in [1.165, 1.54) is 6.07 Å². The molecule has 0 spiro atoms. The third-order valence-corrected chi connectivity index (χ3v) is 3.54. The molecule has 0 unspecified atom stereocenters. The number of hydrogen-bond donors (Lipinski definition) is 0. The molecule has 104 valence electrons. The molecule has 4 nitrogen and oxygen atoms in total. The van der Waals surface area contributed by atoms with Crippen molar-refractivity contribution in [3.63, 3.8) is 0 Å². The summed E-state index contributed by atoms with van der Waals surface area (Å²) in [6, 6.07) is 14.5. The number of rotatable bonds is 6. The Morgan fingerprint density at radius 3 is 2.40 bits per heavy atom. The van der Waals surface area contributed by atoms with Gasteiger partial charge in [-0.3, -0.25) is 10.1 Å². The average Bonchev–Trinajstić information content (AvgIpc) is 2.48. The minimum absolute atomic E-state index is 0.143. The highest BCUT2D eigenvalue weighted by Crippen LogP contribution is 2.22. The summed E-state index contributed by atoms with van der Waals surface area (Å²) in [5, 5.41) is 11.6. The van der Waals surface area contributed by atoms with Crippen LogP contribution < -0.4 is 4.74 Å². The molecule has 0 heterocycles. The van der Waals surface area contributed by atoms with Crippen LogP contribution in [0.2, 0.25) is 0 Å². The van der Waals surface area contributed by atoms with Gasteiger partial charge in [0.25, 0.3) is 5.69 Å². The van der Waals surface area contributed by atoms with E-state index in [1.807, 2.05) is 24.3 Å². The van der Waals surface area contributed by atoms with Crippen LogP contribution in [0.3, 0.4) is 0 Å². The highest BCUT2D eigenvalue weighted by Gasteiger charge is 2.12. The minimum atomic E-state index is -0.359. The van der Waals surface area contributed by atoms with E-state index in [0.717, 1.165) is 11.3 Å². The average molecular weight is 336 g/mol. The number of para-hydroxylation sites is 2. The normalized spacial score (nSPS) is 10.2. The van der Waals surface area contributed by atoms with Gasteiger partial charge in [0.05, 0.1) is 11.5 Å². The minimum Gasteiger partial charge on any atom is -0.493 e. The first-order valence-electron chi connectivity index (χ1n) is 6.21. The van der Waals surface area contributed by atoms with Gasteiger partial charge in [-0.15, -0.1) is 0 Å². The summed E-state index contributed by atoms with van der Waals surface area (Å²) in [4.78, 5) is 10.6. The van der Waals surface area contributed by atoms with E-state index in [-0.39, 0.29) is 10.6 Å². The number of ether oxygens (including phenoxy) is 1. The van der Waals surface area contributed by atoms with Crippen molar-refractivity contribution in [2.75, 3.05) is 6.61 Å². The number of alkyl halides is 1. The summed E-state index contributed by atoms with van der Waals surface area (Å²) in [5.74, 6) is 0.808. The van der Waals surface area contributed by atoms with E-state index in [9.17, 15) is 10.1 Å². The van der Waals surface area contributed by atoms with Crippen molar-refractivity contribution in [2.45, 2.75) is 11.8 Å². The molecule has 20 heavy (non-hydrogen) atoms. The lowest BCUT2D eigenvalue weighted by Crippen LogP contribution is -2.05. The molecule has 0 aromatic heterocycles. The fraction of sp³-hybridized carbons (Fsp3) is 0.200. The Morgan fingerprint density at radius 2 is 1.70 bits per heavy atom. The summed E-state index contributed by atoms with van der Waals surface area (Å²) in [6.45, 7) is 0.412. The van der Waals surface area contributed by atoms with Gasteiger partial charge in [0.15, 0.2) is 0 Å². The maximum absolute atomic E-state index is 10.9. The molecule has 0 amide bonds. The zero-order valence-electron chi connectivity index (χ0n) is 10.8. The van der Waals surface area contributed by atoms with Crippen LogP contribution in [0.1, 0.15) is 11.1 Å². The lowest BCUT2D eigenvalue weighted by molar-refractivity contribution is -0.385. The Hall–Kier alpha value is -1.88. The molecule has 0 radical (unpaired) electrons. The molecular weight excluding hydrogens is 322 g/mol. The lowest BCUT2D eigenvalue weighted by atomic mass is 10.1. The van der Waals surface area contributed by atoms with Crippen LogP contribution >= 0.6 is 15.9 Å². The van der Waals surface area contributed by atoms with Gasteiger partial charge in [-0.05, 0) is 6.07 Å². The molecule has 0 aliphatic rings. The Bertz CT molecular complexity index is 601. The predicted molar refractivity (Wildman–Crippen MR) is 81.4 cm³/mol. The van der Waals surface area contributed by atoms with E-state index >= 15 is 0 Å². The van der Waals surface area contributed by atoms with Crippen LogP contribution in [-0.2, 0) is 11.8 Å². The summed E-state index contributed by atoms with van der Waals surface area (Å²) in [5.41, 5.74) is 1.90. The maximum Gasteiger partial charge on any atom is 0.272 e. The fourth-order valence-corrected chi connectivity index (χ4v) is 2.39. The number of benzene rings is 2. The molecule has 0 aliphatic carbocycles. The zero-order chi connectivity index (χ0) is 14.4. The van der Waals surface area contributed by atoms with Crippen molar-refractivity contribution < 1.29 is 9.66 Å². The molecule has 0 saturated heterocycles. The second kappa shape index (κ2) is 7.05. The first kappa shape index (κ1) is 14.5. The van der Waals surface area contributed by atoms with E-state index in [2.05, 4.69) is 15.9 Å². The van der Waals surface area contributed by atoms with Crippen molar-refractivity contribution >= 4 is 21.6 Å². The largest absolute Gasteiger partial charge is 0.493 e. The van der Waals surface area contributed by atoms with Gasteiger partial charge in [0.1, 0.15) is 5.75 Å². The van der Waals surface area contributed by atoms with Crippen molar-refractivity contribution in [1.82, 2.24) is 0 Å². The Labute approximate surface area is 125 Å². The van der Waals surface area contributed by atoms with E-state index < -0.39 is 0 Å². The second-order valence-corrected chi connectivity index (χ2v) is 4.79. The molecule has 2 rings (SSSR count). The molecule has 0 bridgehead atoms. The van der Waals surface area contributed by atoms with Crippen LogP contribution in [0.4, 0.5) is 5.69 Å². The van der Waals surface area contributed by atoms with Crippen molar-refractivity contribution in [1.29, 1.82) is 0 Å². The maximum atomic E-state index is 10.9. The molecule has 0 N–H and O–H groups in total. The van der Waals surface area contributed by atoms with E-state index in [4.69, 9.17) is 4.74 Å². The SMILES string of the molecule is O=[N+]([O-])c1ccccc1CCOc1ccccc1CBr. The first-order chi connectivity index (χ1) is 9.72. The van der Waals surface area contributed by atoms with E-state index in [1.54, 1.807) is 18.2 Å². The van der Waals surface area contributed by atoms with Gasteiger partial charge in [-0.25, -0.2) is 0 Å². The monoisotopic (exact) mass is 335 g/mol. The topological polar surface area (TPSA) is 52.4 Å². The van der Waals surface area contributed by atoms with Gasteiger partial charge in [-0.1, -0.05) is 52.3 Å². The highest BCUT2D eigenvalue weighted by molar-refractivity contribution is 9.08. The molecule has 2 aromatic rings. The highest BCUT2D eigenvalue weighted by atomic mass is 79.9. The molecule has 0 atom stereocenters. The molecule has 5 heteroatoms. The number of nitro groups is 1. The van der Waals surface area contributed by atoms with Crippen LogP contribution in [0.5, 0.6) is 5.75 Å². The number of hydrogen-bond acceptors (Lipinski definition) is 3. The second-order valence-electron chi connectivity index (χ2n) is 4.23. The molecule has 0 saturated carbocycles. The Kier molecular flexibility index (Phi) is 5.12. The smallest absolute Gasteiger partial charge is 0.272 e. The summed E-state index contributed by atoms with van der Waals surface area (Å²) in [7, 11) is 0. The van der Waals surface area contributed by atoms with Crippen LogP contribution in [0.15, 0.2) is 48.5 Å². The quantitative estimate of drug-likeness (QED) is 0.453. The van der Waals surface area contributed by atoms with Gasteiger partial charge in [-0.2, -0.15) is 0 Å². The van der Waals surface area contributed by atoms with Crippen molar-refractivity contribution in [3.05, 3.63) is 69.8 Å². The Morgan fingerprint density at radius 1 is 1.05 bits per heavy atom. The van der Waals surface area contributed by atoms with Gasteiger partial charge >= 0.3 is 0 Å². The molecule has 0 fully saturated rings. The predicted octanol–water partition coefficient (Wildman–Crippen LogP) is 4.11. The third kappa shape index (κ3) is 3.57. The summed E-state index contributed by atoms with van der Waals surface area (Å²) in [6.07, 6.45) is 0.508. The number of halogens is 1. The van der Waals surface area contributed by atoms with Crippen molar-refractivity contribution in [3.8, 4) is 5.75 Å². The van der Waals surface area contributed by atoms with Crippen LogP contribution in [0, 0.1) is 10.1 Å². The summed E-state index contributed by atoms with van der Waals surface area (Å²) >= 11 is 3.41. The lowest BCUT2D eigenvalue weighted by Gasteiger charge is -2.09. The van der Waals surface area contributed by atoms with Crippen molar-refractivity contribution in [2.24, 2.45) is 0 Å². The van der Waals surface area contributed by atoms with E-state index in [0.29, 0.717) is 23.9 Å². The third-order valence-electron chi connectivity index (χ3n) is 2.93. The van der Waals surface area contributed by atoms with Gasteiger partial charge < -0.3 is 4.74 Å².